The van der Waals surface area contributed by atoms with Gasteiger partial charge in [0.05, 0.1) is 0 Å². The number of anilines is 1. The molecular weight excluding hydrogens is 246 g/mol. The van der Waals surface area contributed by atoms with Crippen LogP contribution in [0.25, 0.3) is 0 Å². The van der Waals surface area contributed by atoms with Gasteiger partial charge in [0, 0.05) is 17.2 Å². The molecule has 1 aliphatic rings. The SMILES string of the molecule is CCc1nc(C2CCC(C(C)(C)C)CC2)nc(N)c1C. The summed E-state index contributed by atoms with van der Waals surface area (Å²) in [5.74, 6) is 2.98. The van der Waals surface area contributed by atoms with Gasteiger partial charge in [-0.1, -0.05) is 27.7 Å². The predicted octanol–water partition coefficient (Wildman–Crippen LogP) is 4.25. The van der Waals surface area contributed by atoms with Crippen molar-refractivity contribution < 1.29 is 0 Å². The van der Waals surface area contributed by atoms with Crippen molar-refractivity contribution in [3.8, 4) is 0 Å². The van der Waals surface area contributed by atoms with E-state index in [1.807, 2.05) is 6.92 Å². The van der Waals surface area contributed by atoms with Crippen molar-refractivity contribution in [3.05, 3.63) is 17.1 Å². The monoisotopic (exact) mass is 275 g/mol. The Morgan fingerprint density at radius 3 is 2.20 bits per heavy atom. The van der Waals surface area contributed by atoms with Crippen molar-refractivity contribution in [2.24, 2.45) is 11.3 Å². The zero-order valence-electron chi connectivity index (χ0n) is 13.7. The van der Waals surface area contributed by atoms with Crippen LogP contribution < -0.4 is 5.73 Å². The molecule has 1 aromatic rings. The maximum atomic E-state index is 6.05. The quantitative estimate of drug-likeness (QED) is 0.878. The van der Waals surface area contributed by atoms with Crippen LogP contribution >= 0.6 is 0 Å². The molecule has 0 saturated heterocycles. The van der Waals surface area contributed by atoms with Gasteiger partial charge in [-0.05, 0) is 50.4 Å². The molecule has 1 fully saturated rings. The van der Waals surface area contributed by atoms with E-state index in [-0.39, 0.29) is 0 Å². The lowest BCUT2D eigenvalue weighted by Gasteiger charge is -2.36. The highest BCUT2D eigenvalue weighted by atomic mass is 15.0. The standard InChI is InChI=1S/C17H29N3/c1-6-14-11(2)15(18)20-16(19-14)12-7-9-13(10-8-12)17(3,4)5/h12-13H,6-10H2,1-5H3,(H2,18,19,20). The third kappa shape index (κ3) is 3.13. The molecule has 0 atom stereocenters. The van der Waals surface area contributed by atoms with E-state index < -0.39 is 0 Å². The first-order chi connectivity index (χ1) is 9.32. The Kier molecular flexibility index (Phi) is 4.36. The molecule has 20 heavy (non-hydrogen) atoms. The lowest BCUT2D eigenvalue weighted by molar-refractivity contribution is 0.167. The molecule has 0 unspecified atom stereocenters. The van der Waals surface area contributed by atoms with Gasteiger partial charge < -0.3 is 5.73 Å². The van der Waals surface area contributed by atoms with Crippen molar-refractivity contribution in [2.75, 3.05) is 5.73 Å². The van der Waals surface area contributed by atoms with Crippen LogP contribution in [0.5, 0.6) is 0 Å². The largest absolute Gasteiger partial charge is 0.383 e. The van der Waals surface area contributed by atoms with Crippen LogP contribution in [0.4, 0.5) is 5.82 Å². The second kappa shape index (κ2) is 5.71. The van der Waals surface area contributed by atoms with E-state index >= 15 is 0 Å². The lowest BCUT2D eigenvalue weighted by atomic mass is 9.69. The number of hydrogen-bond acceptors (Lipinski definition) is 3. The number of nitrogen functional groups attached to an aromatic ring is 1. The van der Waals surface area contributed by atoms with Crippen molar-refractivity contribution in [1.82, 2.24) is 9.97 Å². The molecule has 1 heterocycles. The van der Waals surface area contributed by atoms with Gasteiger partial charge in [0.1, 0.15) is 11.6 Å². The summed E-state index contributed by atoms with van der Waals surface area (Å²) in [6, 6.07) is 0. The van der Waals surface area contributed by atoms with Crippen LogP contribution in [0.1, 0.15) is 76.4 Å². The number of nitrogens with two attached hydrogens (primary N) is 1. The molecule has 2 N–H and O–H groups in total. The van der Waals surface area contributed by atoms with Crippen LogP contribution in [-0.4, -0.2) is 9.97 Å². The van der Waals surface area contributed by atoms with E-state index in [1.54, 1.807) is 0 Å². The number of hydrogen-bond donors (Lipinski definition) is 1. The van der Waals surface area contributed by atoms with Crippen molar-refractivity contribution >= 4 is 5.82 Å². The summed E-state index contributed by atoms with van der Waals surface area (Å²) in [5.41, 5.74) is 8.64. The zero-order chi connectivity index (χ0) is 14.9. The first kappa shape index (κ1) is 15.3. The van der Waals surface area contributed by atoms with E-state index in [0.29, 0.717) is 17.2 Å². The van der Waals surface area contributed by atoms with Gasteiger partial charge in [0.2, 0.25) is 0 Å². The molecule has 1 saturated carbocycles. The Labute approximate surface area is 123 Å². The molecule has 0 aromatic carbocycles. The van der Waals surface area contributed by atoms with Crippen molar-refractivity contribution in [2.45, 2.75) is 72.6 Å². The maximum absolute atomic E-state index is 6.05. The van der Waals surface area contributed by atoms with Crippen LogP contribution in [0, 0.1) is 18.3 Å². The molecule has 1 aromatic heterocycles. The molecular formula is C17H29N3. The van der Waals surface area contributed by atoms with Gasteiger partial charge in [0.25, 0.3) is 0 Å². The lowest BCUT2D eigenvalue weighted by Crippen LogP contribution is -2.26. The van der Waals surface area contributed by atoms with Gasteiger partial charge in [-0.25, -0.2) is 9.97 Å². The fourth-order valence-electron chi connectivity index (χ4n) is 3.35. The molecule has 0 aliphatic heterocycles. The Balaban J connectivity index is 2.13. The average molecular weight is 275 g/mol. The summed E-state index contributed by atoms with van der Waals surface area (Å²) in [4.78, 5) is 9.33. The summed E-state index contributed by atoms with van der Waals surface area (Å²) in [6.45, 7) is 11.2. The van der Waals surface area contributed by atoms with Crippen molar-refractivity contribution in [1.29, 1.82) is 0 Å². The Bertz CT molecular complexity index is 466. The molecule has 2 rings (SSSR count). The zero-order valence-corrected chi connectivity index (χ0v) is 13.7. The minimum Gasteiger partial charge on any atom is -0.383 e. The highest BCUT2D eigenvalue weighted by molar-refractivity contribution is 5.41. The third-order valence-electron chi connectivity index (χ3n) is 4.95. The molecule has 0 spiro atoms. The first-order valence-corrected chi connectivity index (χ1v) is 7.95. The highest BCUT2D eigenvalue weighted by Crippen LogP contribution is 2.42. The summed E-state index contributed by atoms with van der Waals surface area (Å²) in [7, 11) is 0. The summed E-state index contributed by atoms with van der Waals surface area (Å²) < 4.78 is 0. The van der Waals surface area contributed by atoms with E-state index in [9.17, 15) is 0 Å². The molecule has 3 nitrogen and oxygen atoms in total. The van der Waals surface area contributed by atoms with Crippen LogP contribution in [-0.2, 0) is 6.42 Å². The molecule has 112 valence electrons. The summed E-state index contributed by atoms with van der Waals surface area (Å²) >= 11 is 0. The van der Waals surface area contributed by atoms with Crippen LogP contribution in [0.15, 0.2) is 0 Å². The number of rotatable bonds is 2. The topological polar surface area (TPSA) is 51.8 Å². The fourth-order valence-corrected chi connectivity index (χ4v) is 3.35. The maximum Gasteiger partial charge on any atom is 0.134 e. The van der Waals surface area contributed by atoms with E-state index in [1.165, 1.54) is 25.7 Å². The first-order valence-electron chi connectivity index (χ1n) is 7.95. The van der Waals surface area contributed by atoms with E-state index in [2.05, 4.69) is 32.7 Å². The Hall–Kier alpha value is -1.12. The van der Waals surface area contributed by atoms with E-state index in [0.717, 1.165) is 29.4 Å². The molecule has 3 heteroatoms. The van der Waals surface area contributed by atoms with Crippen LogP contribution in [0.3, 0.4) is 0 Å². The summed E-state index contributed by atoms with van der Waals surface area (Å²) in [6.07, 6.45) is 5.91. The fraction of sp³-hybridized carbons (Fsp3) is 0.765. The van der Waals surface area contributed by atoms with Gasteiger partial charge in [-0.2, -0.15) is 0 Å². The highest BCUT2D eigenvalue weighted by Gasteiger charge is 2.31. The molecule has 0 radical (unpaired) electrons. The van der Waals surface area contributed by atoms with Crippen LogP contribution in [0.2, 0.25) is 0 Å². The number of aromatic nitrogens is 2. The third-order valence-corrected chi connectivity index (χ3v) is 4.95. The Morgan fingerprint density at radius 1 is 1.10 bits per heavy atom. The van der Waals surface area contributed by atoms with Gasteiger partial charge in [0.15, 0.2) is 0 Å². The van der Waals surface area contributed by atoms with Gasteiger partial charge >= 0.3 is 0 Å². The normalized spacial score (nSPS) is 23.9. The number of nitrogens with zero attached hydrogens (tertiary/aromatic N) is 2. The smallest absolute Gasteiger partial charge is 0.134 e. The predicted molar refractivity (Wildman–Crippen MR) is 84.7 cm³/mol. The minimum absolute atomic E-state index is 0.423. The molecule has 0 amide bonds. The van der Waals surface area contributed by atoms with Gasteiger partial charge in [-0.3, -0.25) is 0 Å². The Morgan fingerprint density at radius 2 is 1.70 bits per heavy atom. The molecule has 1 aliphatic carbocycles. The van der Waals surface area contributed by atoms with E-state index in [4.69, 9.17) is 10.7 Å². The minimum atomic E-state index is 0.423. The number of aryl methyl sites for hydroxylation is 1. The summed E-state index contributed by atoms with van der Waals surface area (Å²) in [5, 5.41) is 0. The van der Waals surface area contributed by atoms with Gasteiger partial charge in [-0.15, -0.1) is 0 Å². The van der Waals surface area contributed by atoms with Crippen molar-refractivity contribution in [3.63, 3.8) is 0 Å². The average Bonchev–Trinajstić information content (AvgIpc) is 2.41. The second-order valence-electron chi connectivity index (χ2n) is 7.31. The molecule has 0 bridgehead atoms. The second-order valence-corrected chi connectivity index (χ2v) is 7.31.